The first-order valence-corrected chi connectivity index (χ1v) is 7.15. The molecule has 0 aromatic carbocycles. The van der Waals surface area contributed by atoms with Crippen molar-refractivity contribution >= 4 is 11.4 Å². The Kier molecular flexibility index (Phi) is 4.63. The maximum atomic E-state index is 13.2. The van der Waals surface area contributed by atoms with Crippen molar-refractivity contribution in [3.63, 3.8) is 0 Å². The molecule has 0 aliphatic heterocycles. The van der Waals surface area contributed by atoms with Gasteiger partial charge in [0.1, 0.15) is 4.75 Å². The highest BCUT2D eigenvalue weighted by atomic mass is 32.2. The standard InChI is InChI=1S/C11H21F3N2OS/c1-9(2,3)18(17)16-10(11(12,13)14)6-4-8(15)5-7-10/h8,16H,4-7,15H2,1-3H3. The van der Waals surface area contributed by atoms with Crippen LogP contribution >= 0.6 is 0 Å². The molecule has 1 fully saturated rings. The van der Waals surface area contributed by atoms with Gasteiger partial charge in [0.15, 0.2) is 5.54 Å². The van der Waals surface area contributed by atoms with Crippen LogP contribution in [-0.4, -0.2) is 27.1 Å². The van der Waals surface area contributed by atoms with E-state index >= 15 is 0 Å². The summed E-state index contributed by atoms with van der Waals surface area (Å²) >= 11 is -1.74. The molecule has 0 amide bonds. The molecule has 1 rings (SSSR count). The lowest BCUT2D eigenvalue weighted by Crippen LogP contribution is -2.63. The molecule has 18 heavy (non-hydrogen) atoms. The van der Waals surface area contributed by atoms with Crippen molar-refractivity contribution in [3.8, 4) is 0 Å². The molecule has 3 nitrogen and oxygen atoms in total. The molecule has 108 valence electrons. The van der Waals surface area contributed by atoms with Gasteiger partial charge in [0.25, 0.3) is 0 Å². The lowest BCUT2D eigenvalue weighted by Gasteiger charge is -2.42. The molecule has 1 aliphatic carbocycles. The summed E-state index contributed by atoms with van der Waals surface area (Å²) in [4.78, 5) is 0. The number of rotatable bonds is 2. The minimum Gasteiger partial charge on any atom is -0.598 e. The average molecular weight is 286 g/mol. The average Bonchev–Trinajstić information content (AvgIpc) is 2.18. The summed E-state index contributed by atoms with van der Waals surface area (Å²) in [5.41, 5.74) is 3.59. The molecule has 1 atom stereocenters. The molecule has 0 spiro atoms. The largest absolute Gasteiger partial charge is 0.598 e. The highest BCUT2D eigenvalue weighted by molar-refractivity contribution is 7.90. The number of hydrogen-bond acceptors (Lipinski definition) is 3. The molecular weight excluding hydrogens is 265 g/mol. The predicted octanol–water partition coefficient (Wildman–Crippen LogP) is 2.24. The molecule has 0 radical (unpaired) electrons. The van der Waals surface area contributed by atoms with Gasteiger partial charge >= 0.3 is 6.18 Å². The highest BCUT2D eigenvalue weighted by Crippen LogP contribution is 2.42. The number of hydrogen-bond donors (Lipinski definition) is 2. The van der Waals surface area contributed by atoms with Crippen LogP contribution in [0.2, 0.25) is 0 Å². The molecule has 3 N–H and O–H groups in total. The Hall–Kier alpha value is 0.0200. The second-order valence-corrected chi connectivity index (χ2v) is 7.87. The summed E-state index contributed by atoms with van der Waals surface area (Å²) in [6.45, 7) is 4.94. The Morgan fingerprint density at radius 1 is 1.22 bits per heavy atom. The quantitative estimate of drug-likeness (QED) is 0.765. The van der Waals surface area contributed by atoms with Crippen LogP contribution in [0.15, 0.2) is 0 Å². The van der Waals surface area contributed by atoms with E-state index in [0.29, 0.717) is 12.8 Å². The third-order valence-electron chi connectivity index (χ3n) is 3.27. The summed E-state index contributed by atoms with van der Waals surface area (Å²) in [6.07, 6.45) is -4.03. The maximum absolute atomic E-state index is 13.2. The zero-order valence-electron chi connectivity index (χ0n) is 10.9. The summed E-state index contributed by atoms with van der Waals surface area (Å²) in [7, 11) is 0. The van der Waals surface area contributed by atoms with E-state index in [9.17, 15) is 17.7 Å². The van der Waals surface area contributed by atoms with Crippen molar-refractivity contribution in [1.29, 1.82) is 0 Å². The summed E-state index contributed by atoms with van der Waals surface area (Å²) in [5.74, 6) is 0. The van der Waals surface area contributed by atoms with E-state index in [1.54, 1.807) is 20.8 Å². The van der Waals surface area contributed by atoms with Gasteiger partial charge < -0.3 is 10.3 Å². The van der Waals surface area contributed by atoms with E-state index in [1.165, 1.54) is 0 Å². The third-order valence-corrected chi connectivity index (χ3v) is 4.96. The van der Waals surface area contributed by atoms with Crippen molar-refractivity contribution in [2.24, 2.45) is 5.73 Å². The van der Waals surface area contributed by atoms with Crippen molar-refractivity contribution in [1.82, 2.24) is 4.72 Å². The fourth-order valence-corrected chi connectivity index (χ4v) is 2.89. The lowest BCUT2D eigenvalue weighted by atomic mass is 9.80. The van der Waals surface area contributed by atoms with Crippen LogP contribution < -0.4 is 10.5 Å². The molecule has 0 bridgehead atoms. The van der Waals surface area contributed by atoms with Crippen LogP contribution in [-0.2, 0) is 11.4 Å². The molecular formula is C11H21F3N2OS. The van der Waals surface area contributed by atoms with Crippen molar-refractivity contribution in [3.05, 3.63) is 0 Å². The van der Waals surface area contributed by atoms with Crippen LogP contribution in [0.1, 0.15) is 46.5 Å². The van der Waals surface area contributed by atoms with Gasteiger partial charge in [-0.2, -0.15) is 13.2 Å². The minimum atomic E-state index is -4.41. The fraction of sp³-hybridized carbons (Fsp3) is 1.00. The Morgan fingerprint density at radius 3 is 2.00 bits per heavy atom. The first-order valence-electron chi connectivity index (χ1n) is 6.00. The van der Waals surface area contributed by atoms with Crippen molar-refractivity contribution in [2.75, 3.05) is 0 Å². The second kappa shape index (κ2) is 5.19. The van der Waals surface area contributed by atoms with Gasteiger partial charge in [-0.15, -0.1) is 4.72 Å². The Balaban J connectivity index is 2.87. The normalized spacial score (nSPS) is 32.3. The van der Waals surface area contributed by atoms with E-state index in [1.807, 2.05) is 0 Å². The van der Waals surface area contributed by atoms with Gasteiger partial charge in [-0.25, -0.2) is 0 Å². The smallest absolute Gasteiger partial charge is 0.410 e. The van der Waals surface area contributed by atoms with Crippen LogP contribution in [0.3, 0.4) is 0 Å². The van der Waals surface area contributed by atoms with Gasteiger partial charge in [-0.05, 0) is 46.5 Å². The minimum absolute atomic E-state index is 0.112. The molecule has 0 heterocycles. The van der Waals surface area contributed by atoms with Crippen molar-refractivity contribution in [2.45, 2.75) is 69.0 Å². The Morgan fingerprint density at radius 2 is 1.67 bits per heavy atom. The van der Waals surface area contributed by atoms with E-state index in [4.69, 9.17) is 5.73 Å². The SMILES string of the molecule is CC(C)(C)[S+]([O-])NC1(C(F)(F)F)CCC(N)CC1. The van der Waals surface area contributed by atoms with Gasteiger partial charge in [0, 0.05) is 17.4 Å². The van der Waals surface area contributed by atoms with Crippen LogP contribution in [0.25, 0.3) is 0 Å². The summed E-state index contributed by atoms with van der Waals surface area (Å²) in [6, 6.07) is -0.189. The highest BCUT2D eigenvalue weighted by Gasteiger charge is 2.59. The topological polar surface area (TPSA) is 61.1 Å². The first-order chi connectivity index (χ1) is 7.98. The van der Waals surface area contributed by atoms with Crippen LogP contribution in [0.4, 0.5) is 13.2 Å². The van der Waals surface area contributed by atoms with Gasteiger partial charge in [-0.1, -0.05) is 0 Å². The first kappa shape index (κ1) is 16.1. The predicted molar refractivity (Wildman–Crippen MR) is 66.3 cm³/mol. The van der Waals surface area contributed by atoms with Crippen molar-refractivity contribution < 1.29 is 17.7 Å². The molecule has 0 aromatic rings. The number of nitrogens with one attached hydrogen (secondary N) is 1. The van der Waals surface area contributed by atoms with E-state index < -0.39 is 27.8 Å². The molecule has 0 saturated heterocycles. The summed E-state index contributed by atoms with van der Waals surface area (Å²) < 4.78 is 53.2. The molecule has 0 aromatic heterocycles. The lowest BCUT2D eigenvalue weighted by molar-refractivity contribution is -0.199. The maximum Gasteiger partial charge on any atom is 0.410 e. The third kappa shape index (κ3) is 3.53. The van der Waals surface area contributed by atoms with E-state index in [0.717, 1.165) is 0 Å². The van der Waals surface area contributed by atoms with Gasteiger partial charge in [0.2, 0.25) is 0 Å². The Bertz CT molecular complexity index is 283. The van der Waals surface area contributed by atoms with Crippen LogP contribution in [0, 0.1) is 0 Å². The second-order valence-electron chi connectivity index (χ2n) is 5.90. The zero-order valence-corrected chi connectivity index (χ0v) is 11.8. The molecule has 1 saturated carbocycles. The molecule has 1 unspecified atom stereocenters. The Labute approximate surface area is 109 Å². The zero-order chi connectivity index (χ0) is 14.2. The van der Waals surface area contributed by atoms with Gasteiger partial charge in [-0.3, -0.25) is 0 Å². The monoisotopic (exact) mass is 286 g/mol. The number of nitrogens with two attached hydrogens (primary N) is 1. The summed E-state index contributed by atoms with van der Waals surface area (Å²) in [5, 5.41) is 0. The number of halogens is 3. The molecule has 7 heteroatoms. The number of alkyl halides is 3. The molecule has 1 aliphatic rings. The van der Waals surface area contributed by atoms with Crippen LogP contribution in [0.5, 0.6) is 0 Å². The van der Waals surface area contributed by atoms with E-state index in [2.05, 4.69) is 4.72 Å². The fourth-order valence-electron chi connectivity index (χ4n) is 1.91. The van der Waals surface area contributed by atoms with Gasteiger partial charge in [0.05, 0.1) is 0 Å². The van der Waals surface area contributed by atoms with E-state index in [-0.39, 0.29) is 18.9 Å².